The second-order valence-corrected chi connectivity index (χ2v) is 6.37. The molecule has 0 spiro atoms. The molecule has 0 aliphatic carbocycles. The highest BCUT2D eigenvalue weighted by atomic mass is 35.5. The van der Waals surface area contributed by atoms with Crippen LogP contribution >= 0.6 is 11.6 Å². The Hall–Kier alpha value is -1.75. The number of rotatable bonds is 4. The highest BCUT2D eigenvalue weighted by Crippen LogP contribution is 2.39. The minimum Gasteiger partial charge on any atom is -0.496 e. The van der Waals surface area contributed by atoms with E-state index in [1.807, 2.05) is 13.8 Å². The van der Waals surface area contributed by atoms with Gasteiger partial charge >= 0.3 is 5.97 Å². The number of ether oxygens (including phenoxy) is 1. The van der Waals surface area contributed by atoms with Crippen LogP contribution in [0.15, 0.2) is 18.2 Å². The van der Waals surface area contributed by atoms with E-state index in [-0.39, 0.29) is 18.4 Å². The topological polar surface area (TPSA) is 66.8 Å². The van der Waals surface area contributed by atoms with Crippen molar-refractivity contribution in [3.8, 4) is 5.75 Å². The number of hydrogen-bond donors (Lipinski definition) is 1. The second-order valence-electron chi connectivity index (χ2n) is 5.94. The Morgan fingerprint density at radius 1 is 1.41 bits per heavy atom. The van der Waals surface area contributed by atoms with Gasteiger partial charge in [-0.3, -0.25) is 9.59 Å². The molecule has 1 heterocycles. The Balaban J connectivity index is 2.29. The summed E-state index contributed by atoms with van der Waals surface area (Å²) in [5, 5.41) is 10.0. The molecule has 0 radical (unpaired) electrons. The molecule has 0 bridgehead atoms. The molecule has 0 saturated carbocycles. The highest BCUT2D eigenvalue weighted by molar-refractivity contribution is 6.31. The van der Waals surface area contributed by atoms with Crippen molar-refractivity contribution in [1.82, 2.24) is 4.90 Å². The SMILES string of the molecule is COc1ccc(Cl)cc1C(=O)N1CCC(C(=O)O)(C(C)C)C1. The van der Waals surface area contributed by atoms with Crippen molar-refractivity contribution in [2.24, 2.45) is 11.3 Å². The summed E-state index contributed by atoms with van der Waals surface area (Å²) in [5.41, 5.74) is -0.526. The molecule has 1 amide bonds. The van der Waals surface area contributed by atoms with E-state index < -0.39 is 11.4 Å². The number of likely N-dealkylation sites (tertiary alicyclic amines) is 1. The summed E-state index contributed by atoms with van der Waals surface area (Å²) in [7, 11) is 1.49. The predicted octanol–water partition coefficient (Wildman–Crippen LogP) is 2.92. The number of halogens is 1. The summed E-state index contributed by atoms with van der Waals surface area (Å²) in [6.07, 6.45) is 0.453. The van der Waals surface area contributed by atoms with Gasteiger partial charge in [0.2, 0.25) is 0 Å². The van der Waals surface area contributed by atoms with Crippen LogP contribution < -0.4 is 4.74 Å². The maximum absolute atomic E-state index is 12.7. The third kappa shape index (κ3) is 2.77. The zero-order valence-corrected chi connectivity index (χ0v) is 13.7. The van der Waals surface area contributed by atoms with Crippen molar-refractivity contribution in [3.05, 3.63) is 28.8 Å². The van der Waals surface area contributed by atoms with Crippen molar-refractivity contribution < 1.29 is 19.4 Å². The summed E-state index contributed by atoms with van der Waals surface area (Å²) >= 11 is 5.96. The molecule has 1 atom stereocenters. The molecule has 1 N–H and O–H groups in total. The van der Waals surface area contributed by atoms with Gasteiger partial charge in [-0.1, -0.05) is 25.4 Å². The molecule has 0 aromatic heterocycles. The molecule has 1 fully saturated rings. The van der Waals surface area contributed by atoms with Crippen LogP contribution in [-0.2, 0) is 4.79 Å². The van der Waals surface area contributed by atoms with Crippen molar-refractivity contribution in [1.29, 1.82) is 0 Å². The number of carboxylic acids is 1. The van der Waals surface area contributed by atoms with E-state index in [2.05, 4.69) is 0 Å². The Morgan fingerprint density at radius 2 is 2.09 bits per heavy atom. The van der Waals surface area contributed by atoms with Crippen LogP contribution in [0.1, 0.15) is 30.6 Å². The Morgan fingerprint density at radius 3 is 2.59 bits per heavy atom. The number of methoxy groups -OCH3 is 1. The van der Waals surface area contributed by atoms with E-state index in [0.29, 0.717) is 29.3 Å². The summed E-state index contributed by atoms with van der Waals surface area (Å²) in [4.78, 5) is 25.9. The Bertz CT molecular complexity index is 602. The average Bonchev–Trinajstić information content (AvgIpc) is 2.93. The van der Waals surface area contributed by atoms with Crippen LogP contribution in [0.25, 0.3) is 0 Å². The van der Waals surface area contributed by atoms with E-state index in [1.165, 1.54) is 7.11 Å². The van der Waals surface area contributed by atoms with Gasteiger partial charge in [0.1, 0.15) is 5.75 Å². The zero-order valence-electron chi connectivity index (χ0n) is 12.9. The van der Waals surface area contributed by atoms with E-state index in [1.54, 1.807) is 23.1 Å². The lowest BCUT2D eigenvalue weighted by atomic mass is 9.76. The molecule has 6 heteroatoms. The predicted molar refractivity (Wildman–Crippen MR) is 83.4 cm³/mol. The number of aliphatic carboxylic acids is 1. The molecule has 120 valence electrons. The fourth-order valence-electron chi connectivity index (χ4n) is 2.92. The van der Waals surface area contributed by atoms with Crippen molar-refractivity contribution in [2.45, 2.75) is 20.3 Å². The van der Waals surface area contributed by atoms with Gasteiger partial charge in [0.25, 0.3) is 5.91 Å². The number of carbonyl (C=O) groups excluding carboxylic acids is 1. The molecule has 22 heavy (non-hydrogen) atoms. The summed E-state index contributed by atoms with van der Waals surface area (Å²) in [6, 6.07) is 4.84. The molecule has 5 nitrogen and oxygen atoms in total. The molecule has 1 aromatic rings. The molecular weight excluding hydrogens is 306 g/mol. The highest BCUT2D eigenvalue weighted by Gasteiger charge is 2.48. The van der Waals surface area contributed by atoms with E-state index in [0.717, 1.165) is 0 Å². The lowest BCUT2D eigenvalue weighted by Crippen LogP contribution is -2.40. The maximum Gasteiger partial charge on any atom is 0.311 e. The quantitative estimate of drug-likeness (QED) is 0.924. The van der Waals surface area contributed by atoms with E-state index in [9.17, 15) is 14.7 Å². The van der Waals surface area contributed by atoms with Gasteiger partial charge in [-0.2, -0.15) is 0 Å². The third-order valence-electron chi connectivity index (χ3n) is 4.51. The van der Waals surface area contributed by atoms with Crippen LogP contribution in [0.4, 0.5) is 0 Å². The molecule has 1 aromatic carbocycles. The fraction of sp³-hybridized carbons (Fsp3) is 0.500. The Kier molecular flexibility index (Phi) is 4.66. The number of carboxylic acid groups (broad SMARTS) is 1. The van der Waals surface area contributed by atoms with Crippen LogP contribution in [0, 0.1) is 11.3 Å². The first-order valence-electron chi connectivity index (χ1n) is 7.18. The van der Waals surface area contributed by atoms with Crippen molar-refractivity contribution in [2.75, 3.05) is 20.2 Å². The van der Waals surface area contributed by atoms with Gasteiger partial charge in [-0.25, -0.2) is 0 Å². The zero-order chi connectivity index (χ0) is 16.5. The smallest absolute Gasteiger partial charge is 0.311 e. The molecule has 1 unspecified atom stereocenters. The first-order valence-corrected chi connectivity index (χ1v) is 7.56. The standard InChI is InChI=1S/C16H20ClNO4/c1-10(2)16(15(20)21)6-7-18(9-16)14(19)12-8-11(17)4-5-13(12)22-3/h4-5,8,10H,6-7,9H2,1-3H3,(H,20,21). The summed E-state index contributed by atoms with van der Waals surface area (Å²) in [5.74, 6) is -0.713. The monoisotopic (exact) mass is 325 g/mol. The minimum absolute atomic E-state index is 0.0518. The fourth-order valence-corrected chi connectivity index (χ4v) is 3.09. The third-order valence-corrected chi connectivity index (χ3v) is 4.75. The number of benzene rings is 1. The molecule has 1 aliphatic rings. The second kappa shape index (κ2) is 6.16. The van der Waals surface area contributed by atoms with E-state index >= 15 is 0 Å². The Labute approximate surface area is 134 Å². The first-order chi connectivity index (χ1) is 10.3. The van der Waals surface area contributed by atoms with Gasteiger partial charge in [0.05, 0.1) is 18.1 Å². The van der Waals surface area contributed by atoms with E-state index in [4.69, 9.17) is 16.3 Å². The number of hydrogen-bond acceptors (Lipinski definition) is 3. The summed E-state index contributed by atoms with van der Waals surface area (Å²) < 4.78 is 5.21. The normalized spacial score (nSPS) is 21.2. The maximum atomic E-state index is 12.7. The van der Waals surface area contributed by atoms with Crippen LogP contribution in [-0.4, -0.2) is 42.1 Å². The largest absolute Gasteiger partial charge is 0.496 e. The number of nitrogens with zero attached hydrogens (tertiary/aromatic N) is 1. The first kappa shape index (κ1) is 16.6. The van der Waals surface area contributed by atoms with Gasteiger partial charge in [-0.05, 0) is 30.5 Å². The average molecular weight is 326 g/mol. The lowest BCUT2D eigenvalue weighted by molar-refractivity contribution is -0.150. The van der Waals surface area contributed by atoms with Gasteiger partial charge < -0.3 is 14.7 Å². The van der Waals surface area contributed by atoms with Crippen LogP contribution in [0.2, 0.25) is 5.02 Å². The van der Waals surface area contributed by atoms with Crippen LogP contribution in [0.3, 0.4) is 0 Å². The van der Waals surface area contributed by atoms with Crippen molar-refractivity contribution >= 4 is 23.5 Å². The number of amides is 1. The molecular formula is C16H20ClNO4. The van der Waals surface area contributed by atoms with Gasteiger partial charge in [-0.15, -0.1) is 0 Å². The van der Waals surface area contributed by atoms with Gasteiger partial charge in [0.15, 0.2) is 0 Å². The minimum atomic E-state index is -0.887. The summed E-state index contributed by atoms with van der Waals surface area (Å²) in [6.45, 7) is 4.37. The van der Waals surface area contributed by atoms with Crippen molar-refractivity contribution in [3.63, 3.8) is 0 Å². The molecule has 1 aliphatic heterocycles. The molecule has 1 saturated heterocycles. The van der Waals surface area contributed by atoms with Crippen LogP contribution in [0.5, 0.6) is 5.75 Å². The number of carbonyl (C=O) groups is 2. The van der Waals surface area contributed by atoms with Gasteiger partial charge in [0, 0.05) is 18.1 Å². The molecule has 2 rings (SSSR count). The lowest BCUT2D eigenvalue weighted by Gasteiger charge is -2.28.